The van der Waals surface area contributed by atoms with Crippen LogP contribution in [0.3, 0.4) is 0 Å². The zero-order valence-electron chi connectivity index (χ0n) is 14.1. The van der Waals surface area contributed by atoms with Crippen LogP contribution in [0.5, 0.6) is 0 Å². The van der Waals surface area contributed by atoms with Gasteiger partial charge >= 0.3 is 0 Å². The zero-order chi connectivity index (χ0) is 16.1. The van der Waals surface area contributed by atoms with E-state index >= 15 is 0 Å². The fourth-order valence-corrected chi connectivity index (χ4v) is 3.15. The summed E-state index contributed by atoms with van der Waals surface area (Å²) in [4.78, 5) is 9.00. The minimum absolute atomic E-state index is 0.564. The van der Waals surface area contributed by atoms with Crippen molar-refractivity contribution in [2.45, 2.75) is 19.5 Å². The molecule has 1 aliphatic heterocycles. The Kier molecular flexibility index (Phi) is 5.43. The van der Waals surface area contributed by atoms with Crippen LogP contribution in [0.25, 0.3) is 5.69 Å². The minimum atomic E-state index is 0.564. The van der Waals surface area contributed by atoms with Gasteiger partial charge < -0.3 is 14.2 Å². The van der Waals surface area contributed by atoms with Gasteiger partial charge in [-0.05, 0) is 31.7 Å². The summed E-state index contributed by atoms with van der Waals surface area (Å²) in [5.74, 6) is 0. The Bertz CT molecular complexity index is 576. The van der Waals surface area contributed by atoms with Crippen LogP contribution < -0.4 is 0 Å². The monoisotopic (exact) mass is 314 g/mol. The number of benzene rings is 1. The van der Waals surface area contributed by atoms with Crippen molar-refractivity contribution in [1.82, 2.24) is 19.4 Å². The van der Waals surface area contributed by atoms with Crippen LogP contribution >= 0.6 is 0 Å². The van der Waals surface area contributed by atoms with Crippen molar-refractivity contribution in [3.8, 4) is 5.69 Å². The first-order valence-corrected chi connectivity index (χ1v) is 8.30. The van der Waals surface area contributed by atoms with E-state index in [0.29, 0.717) is 6.04 Å². The van der Waals surface area contributed by atoms with Crippen molar-refractivity contribution in [1.29, 1.82) is 0 Å². The third-order valence-corrected chi connectivity index (χ3v) is 4.44. The van der Waals surface area contributed by atoms with Crippen LogP contribution in [0.4, 0.5) is 0 Å². The van der Waals surface area contributed by atoms with Crippen LogP contribution in [-0.2, 0) is 11.3 Å². The Morgan fingerprint density at radius 3 is 2.61 bits per heavy atom. The summed E-state index contributed by atoms with van der Waals surface area (Å²) in [7, 11) is 2.20. The molecule has 3 rings (SSSR count). The van der Waals surface area contributed by atoms with Crippen LogP contribution in [0.1, 0.15) is 12.5 Å². The lowest BCUT2D eigenvalue weighted by atomic mass is 10.1. The third kappa shape index (κ3) is 4.41. The van der Waals surface area contributed by atoms with Crippen LogP contribution in [-0.4, -0.2) is 65.3 Å². The number of hydrogen-bond acceptors (Lipinski definition) is 4. The maximum absolute atomic E-state index is 5.43. The molecule has 0 aliphatic carbocycles. The van der Waals surface area contributed by atoms with Gasteiger partial charge in [-0.2, -0.15) is 0 Å². The number of imidazole rings is 1. The Labute approximate surface area is 138 Å². The summed E-state index contributed by atoms with van der Waals surface area (Å²) in [5, 5.41) is 0. The largest absolute Gasteiger partial charge is 0.379 e. The number of nitrogens with zero attached hydrogens (tertiary/aromatic N) is 4. The van der Waals surface area contributed by atoms with Gasteiger partial charge in [-0.1, -0.05) is 12.1 Å². The van der Waals surface area contributed by atoms with E-state index in [1.165, 1.54) is 5.56 Å². The average Bonchev–Trinajstić information content (AvgIpc) is 3.11. The molecule has 1 aromatic carbocycles. The Hall–Kier alpha value is -1.69. The van der Waals surface area contributed by atoms with Crippen molar-refractivity contribution < 1.29 is 4.74 Å². The minimum Gasteiger partial charge on any atom is -0.379 e. The number of morpholine rings is 1. The topological polar surface area (TPSA) is 33.5 Å². The molecule has 1 fully saturated rings. The van der Waals surface area contributed by atoms with E-state index in [9.17, 15) is 0 Å². The Morgan fingerprint density at radius 1 is 1.22 bits per heavy atom. The highest BCUT2D eigenvalue weighted by Gasteiger charge is 2.18. The molecule has 2 aromatic rings. The summed E-state index contributed by atoms with van der Waals surface area (Å²) in [6, 6.07) is 9.26. The molecular weight excluding hydrogens is 288 g/mol. The highest BCUT2D eigenvalue weighted by Crippen LogP contribution is 2.12. The molecule has 1 aliphatic rings. The lowest BCUT2D eigenvalue weighted by Gasteiger charge is -2.34. The average molecular weight is 314 g/mol. The number of likely N-dealkylation sites (N-methyl/N-ethyl adjacent to an activating group) is 1. The number of ether oxygens (including phenoxy) is 1. The van der Waals surface area contributed by atoms with Gasteiger partial charge in [-0.25, -0.2) is 4.98 Å². The lowest BCUT2D eigenvalue weighted by molar-refractivity contribution is 0.0137. The molecule has 1 atom stereocenters. The molecule has 0 radical (unpaired) electrons. The molecule has 0 unspecified atom stereocenters. The summed E-state index contributed by atoms with van der Waals surface area (Å²) < 4.78 is 7.45. The summed E-state index contributed by atoms with van der Waals surface area (Å²) in [6.45, 7) is 8.18. The second-order valence-electron chi connectivity index (χ2n) is 6.33. The number of rotatable bonds is 6. The van der Waals surface area contributed by atoms with Gasteiger partial charge in [0, 0.05) is 50.3 Å². The first-order chi connectivity index (χ1) is 11.2. The second-order valence-corrected chi connectivity index (χ2v) is 6.33. The van der Waals surface area contributed by atoms with Gasteiger partial charge in [0.1, 0.15) is 0 Å². The molecule has 23 heavy (non-hydrogen) atoms. The van der Waals surface area contributed by atoms with Crippen molar-refractivity contribution in [2.75, 3.05) is 39.9 Å². The molecule has 5 nitrogen and oxygen atoms in total. The Balaban J connectivity index is 1.52. The fourth-order valence-electron chi connectivity index (χ4n) is 3.15. The SMILES string of the molecule is C[C@H](CN(C)Cc1ccc(-n2ccnc2)cc1)N1CCOCC1. The van der Waals surface area contributed by atoms with Gasteiger partial charge in [0.2, 0.25) is 0 Å². The molecule has 124 valence electrons. The highest BCUT2D eigenvalue weighted by molar-refractivity contribution is 5.34. The predicted octanol–water partition coefficient (Wildman–Crippen LogP) is 2.02. The van der Waals surface area contributed by atoms with Gasteiger partial charge in [-0.15, -0.1) is 0 Å². The van der Waals surface area contributed by atoms with Crippen molar-refractivity contribution in [3.63, 3.8) is 0 Å². The summed E-state index contributed by atoms with van der Waals surface area (Å²) in [5.41, 5.74) is 2.49. The normalized spacial score (nSPS) is 17.5. The first-order valence-electron chi connectivity index (χ1n) is 8.30. The van der Waals surface area contributed by atoms with E-state index in [1.807, 2.05) is 17.1 Å². The maximum Gasteiger partial charge on any atom is 0.0991 e. The molecule has 1 saturated heterocycles. The fraction of sp³-hybridized carbons (Fsp3) is 0.500. The molecule has 2 heterocycles. The quantitative estimate of drug-likeness (QED) is 0.817. The van der Waals surface area contributed by atoms with E-state index in [2.05, 4.69) is 53.0 Å². The van der Waals surface area contributed by atoms with E-state index in [-0.39, 0.29) is 0 Å². The highest BCUT2D eigenvalue weighted by atomic mass is 16.5. The molecule has 0 bridgehead atoms. The van der Waals surface area contributed by atoms with Crippen LogP contribution in [0, 0.1) is 0 Å². The molecule has 0 N–H and O–H groups in total. The van der Waals surface area contributed by atoms with Gasteiger partial charge in [0.05, 0.1) is 19.5 Å². The first kappa shape index (κ1) is 16.2. The van der Waals surface area contributed by atoms with Gasteiger partial charge in [0.15, 0.2) is 0 Å². The molecule has 0 spiro atoms. The molecule has 0 amide bonds. The summed E-state index contributed by atoms with van der Waals surface area (Å²) in [6.07, 6.45) is 5.59. The molecule has 1 aromatic heterocycles. The van der Waals surface area contributed by atoms with Crippen molar-refractivity contribution in [3.05, 3.63) is 48.5 Å². The van der Waals surface area contributed by atoms with Crippen LogP contribution in [0.2, 0.25) is 0 Å². The molecular formula is C18H26N4O. The van der Waals surface area contributed by atoms with Crippen molar-refractivity contribution in [2.24, 2.45) is 0 Å². The Morgan fingerprint density at radius 2 is 1.96 bits per heavy atom. The van der Waals surface area contributed by atoms with E-state index in [0.717, 1.165) is 45.1 Å². The predicted molar refractivity (Wildman–Crippen MR) is 91.8 cm³/mol. The van der Waals surface area contributed by atoms with E-state index < -0.39 is 0 Å². The van der Waals surface area contributed by atoms with Crippen LogP contribution in [0.15, 0.2) is 43.0 Å². The van der Waals surface area contributed by atoms with Gasteiger partial charge in [-0.3, -0.25) is 4.90 Å². The molecule has 0 saturated carbocycles. The van der Waals surface area contributed by atoms with Gasteiger partial charge in [0.25, 0.3) is 0 Å². The smallest absolute Gasteiger partial charge is 0.0991 e. The molecule has 5 heteroatoms. The van der Waals surface area contributed by atoms with Crippen molar-refractivity contribution >= 4 is 0 Å². The third-order valence-electron chi connectivity index (χ3n) is 4.44. The number of hydrogen-bond donors (Lipinski definition) is 0. The number of aromatic nitrogens is 2. The lowest BCUT2D eigenvalue weighted by Crippen LogP contribution is -2.46. The zero-order valence-corrected chi connectivity index (χ0v) is 14.1. The maximum atomic E-state index is 5.43. The summed E-state index contributed by atoms with van der Waals surface area (Å²) >= 11 is 0. The standard InChI is InChI=1S/C18H26N4O/c1-16(21-9-11-23-12-10-21)13-20(2)14-17-3-5-18(6-4-17)22-8-7-19-15-22/h3-8,15-16H,9-14H2,1-2H3/t16-/m1/s1. The van der Waals surface area contributed by atoms with E-state index in [1.54, 1.807) is 6.20 Å². The second kappa shape index (κ2) is 7.73. The van der Waals surface area contributed by atoms with E-state index in [4.69, 9.17) is 4.74 Å².